The number of hydrogen-bond acceptors (Lipinski definition) is 3. The van der Waals surface area contributed by atoms with E-state index in [1.165, 1.54) is 0 Å². The van der Waals surface area contributed by atoms with Gasteiger partial charge in [0.15, 0.2) is 0 Å². The van der Waals surface area contributed by atoms with Crippen LogP contribution in [-0.4, -0.2) is 24.4 Å². The summed E-state index contributed by atoms with van der Waals surface area (Å²) in [7, 11) is 0. The van der Waals surface area contributed by atoms with Gasteiger partial charge < -0.3 is 16.8 Å². The van der Waals surface area contributed by atoms with Gasteiger partial charge in [-0.25, -0.2) is 0 Å². The number of carbonyl (C=O) groups excluding carboxylic acids is 2. The van der Waals surface area contributed by atoms with Crippen LogP contribution in [0.3, 0.4) is 0 Å². The Kier molecular flexibility index (Phi) is 3.82. The van der Waals surface area contributed by atoms with Crippen molar-refractivity contribution in [1.82, 2.24) is 5.32 Å². The van der Waals surface area contributed by atoms with Gasteiger partial charge in [-0.3, -0.25) is 9.59 Å². The van der Waals surface area contributed by atoms with Crippen molar-refractivity contribution < 1.29 is 9.59 Å². The predicted molar refractivity (Wildman–Crippen MR) is 55.9 cm³/mol. The third-order valence-electron chi connectivity index (χ3n) is 1.88. The number of primary amides is 1. The zero-order chi connectivity index (χ0) is 11.3. The largest absolute Gasteiger partial charge is 0.368 e. The highest BCUT2D eigenvalue weighted by atomic mass is 16.2. The Morgan fingerprint density at radius 3 is 2.40 bits per heavy atom. The molecule has 0 bridgehead atoms. The van der Waals surface area contributed by atoms with Crippen LogP contribution in [0.5, 0.6) is 0 Å². The average Bonchev–Trinajstić information content (AvgIpc) is 2.26. The first kappa shape index (κ1) is 11.2. The lowest BCUT2D eigenvalue weighted by Crippen LogP contribution is -2.45. The Balaban J connectivity index is 2.47. The molecule has 1 aromatic carbocycles. The van der Waals surface area contributed by atoms with Crippen molar-refractivity contribution in [2.24, 2.45) is 11.5 Å². The molecular weight excluding hydrogens is 194 g/mol. The first-order valence-corrected chi connectivity index (χ1v) is 4.49. The van der Waals surface area contributed by atoms with Crippen LogP contribution in [0, 0.1) is 0 Å². The predicted octanol–water partition coefficient (Wildman–Crippen LogP) is -0.771. The fourth-order valence-electron chi connectivity index (χ4n) is 0.995. The third-order valence-corrected chi connectivity index (χ3v) is 1.88. The van der Waals surface area contributed by atoms with Gasteiger partial charge in [0.2, 0.25) is 5.91 Å². The number of nitrogens with two attached hydrogens (primary N) is 2. The molecule has 80 valence electrons. The molecule has 5 N–H and O–H groups in total. The molecule has 0 radical (unpaired) electrons. The fourth-order valence-corrected chi connectivity index (χ4v) is 0.995. The molecule has 5 heteroatoms. The maximum atomic E-state index is 11.5. The van der Waals surface area contributed by atoms with E-state index < -0.39 is 11.9 Å². The molecule has 5 nitrogen and oxygen atoms in total. The van der Waals surface area contributed by atoms with E-state index in [-0.39, 0.29) is 12.5 Å². The maximum absolute atomic E-state index is 11.5. The quantitative estimate of drug-likeness (QED) is 0.604. The van der Waals surface area contributed by atoms with Crippen molar-refractivity contribution in [2.45, 2.75) is 6.04 Å². The minimum absolute atomic E-state index is 0.0447. The number of hydrogen-bond donors (Lipinski definition) is 3. The number of carbonyl (C=O) groups is 2. The summed E-state index contributed by atoms with van der Waals surface area (Å²) in [5.74, 6) is -0.907. The Labute approximate surface area is 87.4 Å². The van der Waals surface area contributed by atoms with Gasteiger partial charge in [-0.05, 0) is 12.1 Å². The van der Waals surface area contributed by atoms with E-state index in [1.54, 1.807) is 24.3 Å². The van der Waals surface area contributed by atoms with Gasteiger partial charge in [0.25, 0.3) is 5.91 Å². The Hall–Kier alpha value is -1.88. The van der Waals surface area contributed by atoms with E-state index >= 15 is 0 Å². The summed E-state index contributed by atoms with van der Waals surface area (Å²) < 4.78 is 0. The lowest BCUT2D eigenvalue weighted by Gasteiger charge is -2.08. The smallest absolute Gasteiger partial charge is 0.251 e. The summed E-state index contributed by atoms with van der Waals surface area (Å²) in [6, 6.07) is 7.81. The molecule has 0 aliphatic rings. The zero-order valence-corrected chi connectivity index (χ0v) is 8.14. The normalized spacial score (nSPS) is 11.8. The van der Waals surface area contributed by atoms with Gasteiger partial charge in [-0.2, -0.15) is 0 Å². The highest BCUT2D eigenvalue weighted by molar-refractivity contribution is 5.94. The van der Waals surface area contributed by atoms with Crippen LogP contribution in [0.2, 0.25) is 0 Å². The summed E-state index contributed by atoms with van der Waals surface area (Å²) in [4.78, 5) is 22.0. The fraction of sp³-hybridized carbons (Fsp3) is 0.200. The molecule has 0 heterocycles. The molecule has 1 aromatic rings. The van der Waals surface area contributed by atoms with Crippen molar-refractivity contribution in [3.8, 4) is 0 Å². The molecule has 0 unspecified atom stereocenters. The molecule has 0 saturated heterocycles. The number of nitrogens with one attached hydrogen (secondary N) is 1. The van der Waals surface area contributed by atoms with Crippen LogP contribution < -0.4 is 16.8 Å². The summed E-state index contributed by atoms with van der Waals surface area (Å²) in [5, 5.41) is 2.52. The summed E-state index contributed by atoms with van der Waals surface area (Å²) in [6.45, 7) is 0.0447. The lowest BCUT2D eigenvalue weighted by molar-refractivity contribution is -0.119. The van der Waals surface area contributed by atoms with Crippen LogP contribution in [0.4, 0.5) is 0 Å². The molecule has 1 rings (SSSR count). The molecule has 2 amide bonds. The molecule has 0 aromatic heterocycles. The van der Waals surface area contributed by atoms with Crippen molar-refractivity contribution >= 4 is 11.8 Å². The summed E-state index contributed by atoms with van der Waals surface area (Å²) in [5.41, 5.74) is 10.8. The van der Waals surface area contributed by atoms with Crippen LogP contribution >= 0.6 is 0 Å². The van der Waals surface area contributed by atoms with Crippen LogP contribution in [0.15, 0.2) is 30.3 Å². The molecule has 1 atom stereocenters. The minimum Gasteiger partial charge on any atom is -0.368 e. The van der Waals surface area contributed by atoms with E-state index in [1.807, 2.05) is 6.07 Å². The van der Waals surface area contributed by atoms with Crippen LogP contribution in [0.1, 0.15) is 10.4 Å². The van der Waals surface area contributed by atoms with E-state index in [0.717, 1.165) is 0 Å². The van der Waals surface area contributed by atoms with Gasteiger partial charge >= 0.3 is 0 Å². The molecule has 0 saturated carbocycles. The lowest BCUT2D eigenvalue weighted by atomic mass is 10.2. The van der Waals surface area contributed by atoms with E-state index in [9.17, 15) is 9.59 Å². The van der Waals surface area contributed by atoms with Gasteiger partial charge in [0.1, 0.15) is 6.04 Å². The highest BCUT2D eigenvalue weighted by Gasteiger charge is 2.11. The molecule has 0 spiro atoms. The number of amides is 2. The summed E-state index contributed by atoms with van der Waals surface area (Å²) >= 11 is 0. The SMILES string of the molecule is NC(=O)[C@@H](N)CNC(=O)c1ccccc1. The monoisotopic (exact) mass is 207 g/mol. The van der Waals surface area contributed by atoms with Crippen molar-refractivity contribution in [3.05, 3.63) is 35.9 Å². The average molecular weight is 207 g/mol. The van der Waals surface area contributed by atoms with Gasteiger partial charge in [0.05, 0.1) is 0 Å². The number of rotatable bonds is 4. The van der Waals surface area contributed by atoms with Crippen molar-refractivity contribution in [2.75, 3.05) is 6.54 Å². The highest BCUT2D eigenvalue weighted by Crippen LogP contribution is 1.97. The second-order valence-corrected chi connectivity index (χ2v) is 3.08. The first-order chi connectivity index (χ1) is 7.11. The Bertz CT molecular complexity index is 351. The van der Waals surface area contributed by atoms with Crippen molar-refractivity contribution in [1.29, 1.82) is 0 Å². The van der Waals surface area contributed by atoms with E-state index in [4.69, 9.17) is 11.5 Å². The Morgan fingerprint density at radius 2 is 1.87 bits per heavy atom. The van der Waals surface area contributed by atoms with E-state index in [0.29, 0.717) is 5.56 Å². The topological polar surface area (TPSA) is 98.2 Å². The molecule has 0 aliphatic carbocycles. The van der Waals surface area contributed by atoms with Gasteiger partial charge in [-0.15, -0.1) is 0 Å². The van der Waals surface area contributed by atoms with Crippen LogP contribution in [-0.2, 0) is 4.79 Å². The maximum Gasteiger partial charge on any atom is 0.251 e. The van der Waals surface area contributed by atoms with Crippen molar-refractivity contribution in [3.63, 3.8) is 0 Å². The summed E-state index contributed by atoms with van der Waals surface area (Å²) in [6.07, 6.45) is 0. The first-order valence-electron chi connectivity index (χ1n) is 4.49. The minimum atomic E-state index is -0.849. The third kappa shape index (κ3) is 3.40. The zero-order valence-electron chi connectivity index (χ0n) is 8.14. The standard InChI is InChI=1S/C10H13N3O2/c11-8(9(12)14)6-13-10(15)7-4-2-1-3-5-7/h1-5,8H,6,11H2,(H2,12,14)(H,13,15)/t8-/m0/s1. The second kappa shape index (κ2) is 5.11. The van der Waals surface area contributed by atoms with Crippen LogP contribution in [0.25, 0.3) is 0 Å². The Morgan fingerprint density at radius 1 is 1.27 bits per heavy atom. The second-order valence-electron chi connectivity index (χ2n) is 3.08. The molecular formula is C10H13N3O2. The number of benzene rings is 1. The van der Waals surface area contributed by atoms with E-state index in [2.05, 4.69) is 5.32 Å². The van der Waals surface area contributed by atoms with Gasteiger partial charge in [0, 0.05) is 12.1 Å². The molecule has 0 aliphatic heterocycles. The molecule has 0 fully saturated rings. The molecule has 15 heavy (non-hydrogen) atoms. The van der Waals surface area contributed by atoms with Gasteiger partial charge in [-0.1, -0.05) is 18.2 Å².